The molecule has 0 radical (unpaired) electrons. The lowest BCUT2D eigenvalue weighted by molar-refractivity contribution is -0.161. The second-order valence-electron chi connectivity index (χ2n) is 17.0. The third kappa shape index (κ3) is 45.8. The predicted octanol–water partition coefficient (Wildman–Crippen LogP) is 14.1. The Morgan fingerprint density at radius 3 is 1.32 bits per heavy atom. The van der Waals surface area contributed by atoms with E-state index in [0.29, 0.717) is 12.8 Å². The number of carboxylic acids is 1. The first-order chi connectivity index (χ1) is 30.6. The van der Waals surface area contributed by atoms with E-state index in [4.69, 9.17) is 24.8 Å². The van der Waals surface area contributed by atoms with E-state index in [-0.39, 0.29) is 19.4 Å². The van der Waals surface area contributed by atoms with Crippen LogP contribution in [-0.2, 0) is 37.5 Å². The zero-order chi connectivity index (χ0) is 46.3. The van der Waals surface area contributed by atoms with Gasteiger partial charge in [-0.05, 0) is 51.4 Å². The fraction of sp³-hybridized carbons (Fsp3) is 0.784. The molecule has 0 saturated carbocycles. The summed E-state index contributed by atoms with van der Waals surface area (Å²) in [5.74, 6) is -2.41. The highest BCUT2D eigenvalue weighted by Crippen LogP contribution is 2.43. The lowest BCUT2D eigenvalue weighted by atomic mass is 10.0. The highest BCUT2D eigenvalue weighted by molar-refractivity contribution is 7.47. The number of allylic oxidation sites excluding steroid dienone is 8. The van der Waals surface area contributed by atoms with Crippen molar-refractivity contribution in [2.45, 2.75) is 238 Å². The van der Waals surface area contributed by atoms with Gasteiger partial charge in [0.15, 0.2) is 6.10 Å². The van der Waals surface area contributed by atoms with Crippen LogP contribution in [0.1, 0.15) is 226 Å². The van der Waals surface area contributed by atoms with Gasteiger partial charge in [0.25, 0.3) is 0 Å². The molecule has 0 spiro atoms. The molecule has 0 fully saturated rings. The smallest absolute Gasteiger partial charge is 0.472 e. The fourth-order valence-corrected chi connectivity index (χ4v) is 7.66. The summed E-state index contributed by atoms with van der Waals surface area (Å²) in [5.41, 5.74) is 5.35. The van der Waals surface area contributed by atoms with Gasteiger partial charge in [-0.1, -0.05) is 210 Å². The number of ether oxygens (including phenoxy) is 2. The Kier molecular flexibility index (Phi) is 44.1. The van der Waals surface area contributed by atoms with E-state index in [1.165, 1.54) is 122 Å². The Labute approximate surface area is 384 Å². The predicted molar refractivity (Wildman–Crippen MR) is 258 cm³/mol. The van der Waals surface area contributed by atoms with E-state index in [0.717, 1.165) is 64.2 Å². The van der Waals surface area contributed by atoms with Crippen molar-refractivity contribution in [3.63, 3.8) is 0 Å². The normalized spacial score (nSPS) is 14.0. The van der Waals surface area contributed by atoms with Crippen LogP contribution in [0, 0.1) is 0 Å². The standard InChI is InChI=1S/C51H92NO10P/c1-3-5-7-9-11-13-15-17-19-21-22-23-24-25-27-28-30-32-34-36-38-40-42-49(53)59-44-47(45-60-63(57,58)61-46-48(52)51(55)56)62-50(54)43-41-39-37-35-33-31-29-26-20-18-16-14-12-10-8-6-4-2/h8,10,14,16,20,26,31,33,47-48H,3-7,9,11-13,15,17-19,21-25,27-30,32,34-46,52H2,1-2H3,(H,55,56)(H,57,58)/b10-8+,16-14+,26-20+,33-31+/t47-,48+/m0/s1. The average Bonchev–Trinajstić information content (AvgIpc) is 3.26. The summed E-state index contributed by atoms with van der Waals surface area (Å²) in [5, 5.41) is 8.91. The summed E-state index contributed by atoms with van der Waals surface area (Å²) in [4.78, 5) is 46.1. The van der Waals surface area contributed by atoms with E-state index in [9.17, 15) is 23.8 Å². The SMILES string of the molecule is CCC/C=C/C/C=C/C/C=C/C/C=C/CCCCCC(=O)O[C@@H](COC(=O)CCCCCCCCCCCCCCCCCCCCCCCC)COP(=O)(O)OC[C@@H](N)C(=O)O. The van der Waals surface area contributed by atoms with Gasteiger partial charge in [0.2, 0.25) is 0 Å². The van der Waals surface area contributed by atoms with Gasteiger partial charge in [-0.25, -0.2) is 4.57 Å². The summed E-state index contributed by atoms with van der Waals surface area (Å²) in [7, 11) is -4.73. The van der Waals surface area contributed by atoms with Gasteiger partial charge < -0.3 is 25.2 Å². The largest absolute Gasteiger partial charge is 0.480 e. The number of aliphatic carboxylic acids is 1. The van der Waals surface area contributed by atoms with Crippen LogP contribution >= 0.6 is 7.82 Å². The number of unbranched alkanes of at least 4 members (excludes halogenated alkanes) is 25. The molecule has 0 amide bonds. The fourth-order valence-electron chi connectivity index (χ4n) is 6.88. The Morgan fingerprint density at radius 1 is 0.492 bits per heavy atom. The van der Waals surface area contributed by atoms with Crippen molar-refractivity contribution in [1.82, 2.24) is 0 Å². The Morgan fingerprint density at radius 2 is 0.873 bits per heavy atom. The van der Waals surface area contributed by atoms with Gasteiger partial charge in [0.05, 0.1) is 13.2 Å². The first kappa shape index (κ1) is 60.4. The monoisotopic (exact) mass is 910 g/mol. The number of carbonyl (C=O) groups is 3. The molecule has 11 nitrogen and oxygen atoms in total. The third-order valence-corrected chi connectivity index (χ3v) is 11.8. The van der Waals surface area contributed by atoms with Crippen LogP contribution in [0.5, 0.6) is 0 Å². The van der Waals surface area contributed by atoms with Gasteiger partial charge in [-0.3, -0.25) is 23.4 Å². The number of carbonyl (C=O) groups excluding carboxylic acids is 2. The van der Waals surface area contributed by atoms with E-state index in [1.54, 1.807) is 0 Å². The number of phosphoric ester groups is 1. The molecule has 0 rings (SSSR count). The molecule has 0 heterocycles. The highest BCUT2D eigenvalue weighted by Gasteiger charge is 2.28. The number of rotatable bonds is 47. The molecule has 0 aromatic heterocycles. The molecule has 0 bridgehead atoms. The zero-order valence-corrected chi connectivity index (χ0v) is 40.8. The molecule has 3 atom stereocenters. The number of hydrogen-bond donors (Lipinski definition) is 3. The second kappa shape index (κ2) is 46.0. The molecule has 0 aliphatic carbocycles. The molecule has 366 valence electrons. The maximum absolute atomic E-state index is 12.7. The topological polar surface area (TPSA) is 172 Å². The van der Waals surface area contributed by atoms with E-state index >= 15 is 0 Å². The van der Waals surface area contributed by atoms with Crippen LogP contribution in [0.2, 0.25) is 0 Å². The lowest BCUT2D eigenvalue weighted by Gasteiger charge is -2.20. The quantitative estimate of drug-likeness (QED) is 0.0230. The molecule has 0 saturated heterocycles. The van der Waals surface area contributed by atoms with Gasteiger partial charge >= 0.3 is 25.7 Å². The zero-order valence-electron chi connectivity index (χ0n) is 39.9. The summed E-state index contributed by atoms with van der Waals surface area (Å²) >= 11 is 0. The second-order valence-corrected chi connectivity index (χ2v) is 18.4. The van der Waals surface area contributed by atoms with Crippen LogP contribution in [0.15, 0.2) is 48.6 Å². The maximum atomic E-state index is 12.7. The molecule has 0 aromatic rings. The minimum absolute atomic E-state index is 0.124. The summed E-state index contributed by atoms with van der Waals surface area (Å²) < 4.78 is 32.8. The van der Waals surface area contributed by atoms with Crippen LogP contribution in [0.4, 0.5) is 0 Å². The summed E-state index contributed by atoms with van der Waals surface area (Å²) in [6, 6.07) is -1.53. The van der Waals surface area contributed by atoms with Crippen LogP contribution in [0.3, 0.4) is 0 Å². The third-order valence-electron chi connectivity index (χ3n) is 10.8. The number of carboxylic acid groups (broad SMARTS) is 1. The maximum Gasteiger partial charge on any atom is 0.472 e. The van der Waals surface area contributed by atoms with Crippen molar-refractivity contribution >= 4 is 25.7 Å². The molecule has 63 heavy (non-hydrogen) atoms. The van der Waals surface area contributed by atoms with Crippen molar-refractivity contribution in [3.05, 3.63) is 48.6 Å². The Balaban J connectivity index is 4.26. The van der Waals surface area contributed by atoms with Crippen LogP contribution < -0.4 is 5.73 Å². The molecular weight excluding hydrogens is 818 g/mol. The molecule has 4 N–H and O–H groups in total. The number of hydrogen-bond acceptors (Lipinski definition) is 9. The van der Waals surface area contributed by atoms with E-state index in [1.807, 2.05) is 0 Å². The minimum Gasteiger partial charge on any atom is -0.480 e. The Hall–Kier alpha value is -2.56. The van der Waals surface area contributed by atoms with Crippen LogP contribution in [0.25, 0.3) is 0 Å². The van der Waals surface area contributed by atoms with Gasteiger partial charge in [-0.2, -0.15) is 0 Å². The molecular formula is C51H92NO10P. The van der Waals surface area contributed by atoms with Crippen molar-refractivity contribution in [2.75, 3.05) is 19.8 Å². The molecule has 12 heteroatoms. The Bertz CT molecular complexity index is 1250. The van der Waals surface area contributed by atoms with Gasteiger partial charge in [-0.15, -0.1) is 0 Å². The van der Waals surface area contributed by atoms with E-state index in [2.05, 4.69) is 67.0 Å². The van der Waals surface area contributed by atoms with Gasteiger partial charge in [0, 0.05) is 12.8 Å². The summed E-state index contributed by atoms with van der Waals surface area (Å²) in [6.07, 6.45) is 53.2. The summed E-state index contributed by atoms with van der Waals surface area (Å²) in [6.45, 7) is 2.74. The number of nitrogens with two attached hydrogens (primary N) is 1. The van der Waals surface area contributed by atoms with Crippen molar-refractivity contribution < 1.29 is 47.5 Å². The van der Waals surface area contributed by atoms with Crippen molar-refractivity contribution in [1.29, 1.82) is 0 Å². The number of esters is 2. The van der Waals surface area contributed by atoms with E-state index < -0.39 is 51.1 Å². The van der Waals surface area contributed by atoms with Gasteiger partial charge in [0.1, 0.15) is 12.6 Å². The molecule has 0 aromatic carbocycles. The molecule has 1 unspecified atom stereocenters. The average molecular weight is 910 g/mol. The first-order valence-electron chi connectivity index (χ1n) is 25.2. The number of phosphoric acid groups is 1. The molecule has 0 aliphatic heterocycles. The van der Waals surface area contributed by atoms with Crippen molar-refractivity contribution in [2.24, 2.45) is 5.73 Å². The van der Waals surface area contributed by atoms with Crippen molar-refractivity contribution in [3.8, 4) is 0 Å². The van der Waals surface area contributed by atoms with Crippen LogP contribution in [-0.4, -0.2) is 59.9 Å². The molecule has 0 aliphatic rings. The minimum atomic E-state index is -4.73. The first-order valence-corrected chi connectivity index (χ1v) is 26.7. The highest BCUT2D eigenvalue weighted by atomic mass is 31.2. The lowest BCUT2D eigenvalue weighted by Crippen LogP contribution is -2.34.